The first-order chi connectivity index (χ1) is 13.3. The number of rotatable bonds is 3. The molecule has 140 valence electrons. The van der Waals surface area contributed by atoms with Crippen LogP contribution in [0.3, 0.4) is 0 Å². The predicted octanol–water partition coefficient (Wildman–Crippen LogP) is 5.27. The van der Waals surface area contributed by atoms with E-state index in [4.69, 9.17) is 23.7 Å². The number of nitriles is 2. The molecule has 2 aromatic carbocycles. The second kappa shape index (κ2) is 8.26. The van der Waals surface area contributed by atoms with Crippen LogP contribution in [0.5, 0.6) is 0 Å². The minimum atomic E-state index is -1.32. The number of allylic oxidation sites excluding steroid dienone is 1. The lowest BCUT2D eigenvalue weighted by Crippen LogP contribution is -2.47. The SMILES string of the molecule is N#CC1=C(N)SC(c2cccc(Br)c2)C(C#N)(C(N)=S)C1c1cccc(Br)c1. The summed E-state index contributed by atoms with van der Waals surface area (Å²) in [6, 6.07) is 19.6. The van der Waals surface area contributed by atoms with Crippen LogP contribution in [0.25, 0.3) is 0 Å². The Bertz CT molecular complexity index is 1070. The number of halogens is 2. The highest BCUT2D eigenvalue weighted by Gasteiger charge is 2.55. The molecule has 3 unspecified atom stereocenters. The summed E-state index contributed by atoms with van der Waals surface area (Å²) in [5.74, 6) is -0.678. The van der Waals surface area contributed by atoms with Gasteiger partial charge in [0.1, 0.15) is 5.41 Å². The van der Waals surface area contributed by atoms with Gasteiger partial charge in [0.05, 0.1) is 33.0 Å². The molecule has 2 aromatic rings. The van der Waals surface area contributed by atoms with Crippen molar-refractivity contribution < 1.29 is 0 Å². The predicted molar refractivity (Wildman–Crippen MR) is 123 cm³/mol. The third-order valence-corrected chi connectivity index (χ3v) is 7.39. The maximum atomic E-state index is 10.4. The van der Waals surface area contributed by atoms with Crippen LogP contribution in [0.2, 0.25) is 0 Å². The average Bonchev–Trinajstić information content (AvgIpc) is 2.67. The standard InChI is InChI=1S/C20H14Br2N4S2/c21-13-5-1-3-11(7-13)16-15(9-23)18(25)28-17(20(16,10-24)19(26)27)12-4-2-6-14(22)8-12/h1-8,16-17H,25H2,(H2,26,27). The van der Waals surface area contributed by atoms with E-state index in [0.29, 0.717) is 10.6 Å². The van der Waals surface area contributed by atoms with Crippen molar-refractivity contribution in [3.05, 3.63) is 79.2 Å². The Hall–Kier alpha value is -1.84. The highest BCUT2D eigenvalue weighted by Crippen LogP contribution is 2.60. The number of thioether (sulfide) groups is 1. The summed E-state index contributed by atoms with van der Waals surface area (Å²) in [4.78, 5) is 0.0395. The van der Waals surface area contributed by atoms with Crippen LogP contribution in [-0.2, 0) is 0 Å². The van der Waals surface area contributed by atoms with Gasteiger partial charge in [-0.15, -0.1) is 0 Å². The van der Waals surface area contributed by atoms with E-state index < -0.39 is 16.6 Å². The summed E-state index contributed by atoms with van der Waals surface area (Å²) in [6.07, 6.45) is 0. The van der Waals surface area contributed by atoms with Crippen molar-refractivity contribution >= 4 is 60.8 Å². The van der Waals surface area contributed by atoms with Crippen LogP contribution >= 0.6 is 55.8 Å². The van der Waals surface area contributed by atoms with Crippen molar-refractivity contribution in [1.29, 1.82) is 10.5 Å². The van der Waals surface area contributed by atoms with Gasteiger partial charge in [-0.05, 0) is 35.4 Å². The van der Waals surface area contributed by atoms with E-state index >= 15 is 0 Å². The molecule has 3 rings (SSSR count). The molecule has 1 aliphatic heterocycles. The molecule has 8 heteroatoms. The Morgan fingerprint density at radius 1 is 1.07 bits per heavy atom. The summed E-state index contributed by atoms with van der Waals surface area (Å²) in [6.45, 7) is 0. The first-order valence-corrected chi connectivity index (χ1v) is 11.0. The number of hydrogen-bond donors (Lipinski definition) is 2. The van der Waals surface area contributed by atoms with E-state index in [9.17, 15) is 10.5 Å². The van der Waals surface area contributed by atoms with Crippen molar-refractivity contribution in [3.8, 4) is 12.1 Å². The van der Waals surface area contributed by atoms with Crippen molar-refractivity contribution in [3.63, 3.8) is 0 Å². The van der Waals surface area contributed by atoms with E-state index in [2.05, 4.69) is 44.0 Å². The monoisotopic (exact) mass is 532 g/mol. The van der Waals surface area contributed by atoms with Crippen LogP contribution in [-0.4, -0.2) is 4.99 Å². The molecule has 0 saturated heterocycles. The number of thiocarbonyl (C=S) groups is 1. The fourth-order valence-corrected chi connectivity index (χ4v) is 6.01. The van der Waals surface area contributed by atoms with Crippen molar-refractivity contribution in [2.24, 2.45) is 16.9 Å². The lowest BCUT2D eigenvalue weighted by atomic mass is 9.65. The Morgan fingerprint density at radius 3 is 2.14 bits per heavy atom. The molecule has 0 fully saturated rings. The zero-order chi connectivity index (χ0) is 20.5. The zero-order valence-electron chi connectivity index (χ0n) is 14.4. The summed E-state index contributed by atoms with van der Waals surface area (Å²) in [5, 5.41) is 20.2. The second-order valence-electron chi connectivity index (χ2n) is 6.28. The largest absolute Gasteiger partial charge is 0.393 e. The van der Waals surface area contributed by atoms with Crippen LogP contribution < -0.4 is 11.5 Å². The van der Waals surface area contributed by atoms with E-state index in [0.717, 1.165) is 20.1 Å². The van der Waals surface area contributed by atoms with Crippen molar-refractivity contribution in [2.45, 2.75) is 11.2 Å². The molecular weight excluding hydrogens is 520 g/mol. The van der Waals surface area contributed by atoms with Gasteiger partial charge in [0, 0.05) is 14.9 Å². The lowest BCUT2D eigenvalue weighted by molar-refractivity contribution is 0.462. The Kier molecular flexibility index (Phi) is 6.16. The quantitative estimate of drug-likeness (QED) is 0.521. The van der Waals surface area contributed by atoms with Gasteiger partial charge in [0.2, 0.25) is 0 Å². The summed E-state index contributed by atoms with van der Waals surface area (Å²) in [7, 11) is 0. The lowest BCUT2D eigenvalue weighted by Gasteiger charge is -2.44. The van der Waals surface area contributed by atoms with Gasteiger partial charge in [-0.1, -0.05) is 80.1 Å². The number of hydrogen-bond acceptors (Lipinski definition) is 5. The maximum Gasteiger partial charge on any atom is 0.135 e. The molecule has 4 nitrogen and oxygen atoms in total. The molecule has 0 saturated carbocycles. The zero-order valence-corrected chi connectivity index (χ0v) is 19.2. The summed E-state index contributed by atoms with van der Waals surface area (Å²) in [5.41, 5.74) is 13.1. The molecule has 0 bridgehead atoms. The number of nitrogens with zero attached hydrogens (tertiary/aromatic N) is 2. The molecule has 1 aliphatic rings. The summed E-state index contributed by atoms with van der Waals surface area (Å²) >= 11 is 13.6. The molecule has 28 heavy (non-hydrogen) atoms. The second-order valence-corrected chi connectivity index (χ2v) is 9.69. The van der Waals surface area contributed by atoms with Gasteiger partial charge >= 0.3 is 0 Å². The summed E-state index contributed by atoms with van der Waals surface area (Å²) < 4.78 is 1.70. The van der Waals surface area contributed by atoms with E-state index in [-0.39, 0.29) is 4.99 Å². The first-order valence-electron chi connectivity index (χ1n) is 8.13. The molecule has 0 aromatic heterocycles. The average molecular weight is 534 g/mol. The Labute approximate surface area is 189 Å². The smallest absolute Gasteiger partial charge is 0.135 e. The number of nitrogens with two attached hydrogens (primary N) is 2. The molecule has 0 spiro atoms. The number of benzene rings is 2. The third kappa shape index (κ3) is 3.46. The molecule has 3 atom stereocenters. The molecule has 0 amide bonds. The molecule has 1 heterocycles. The molecular formula is C20H14Br2N4S2. The van der Waals surface area contributed by atoms with Gasteiger partial charge in [0.15, 0.2) is 0 Å². The van der Waals surface area contributed by atoms with Crippen LogP contribution in [0.15, 0.2) is 68.1 Å². The normalized spacial score (nSPS) is 24.3. The minimum absolute atomic E-state index is 0.0395. The van der Waals surface area contributed by atoms with E-state index in [1.54, 1.807) is 0 Å². The van der Waals surface area contributed by atoms with E-state index in [1.807, 2.05) is 48.5 Å². The minimum Gasteiger partial charge on any atom is -0.393 e. The maximum absolute atomic E-state index is 10.4. The van der Waals surface area contributed by atoms with Gasteiger partial charge < -0.3 is 11.5 Å². The Balaban J connectivity index is 2.36. The highest BCUT2D eigenvalue weighted by molar-refractivity contribution is 9.10. The fourth-order valence-electron chi connectivity index (χ4n) is 3.49. The van der Waals surface area contributed by atoms with Crippen LogP contribution in [0, 0.1) is 28.1 Å². The van der Waals surface area contributed by atoms with Gasteiger partial charge in [-0.2, -0.15) is 10.5 Å². The van der Waals surface area contributed by atoms with Crippen molar-refractivity contribution in [1.82, 2.24) is 0 Å². The van der Waals surface area contributed by atoms with Gasteiger partial charge in [0.25, 0.3) is 0 Å². The topological polar surface area (TPSA) is 99.6 Å². The van der Waals surface area contributed by atoms with Crippen LogP contribution in [0.1, 0.15) is 22.3 Å². The van der Waals surface area contributed by atoms with E-state index in [1.165, 1.54) is 11.8 Å². The first kappa shape index (κ1) is 20.9. The molecule has 0 aliphatic carbocycles. The fraction of sp³-hybridized carbons (Fsp3) is 0.150. The third-order valence-electron chi connectivity index (χ3n) is 4.71. The highest BCUT2D eigenvalue weighted by atomic mass is 79.9. The molecule has 4 N–H and O–H groups in total. The van der Waals surface area contributed by atoms with Crippen LogP contribution in [0.4, 0.5) is 0 Å². The Morgan fingerprint density at radius 2 is 1.64 bits per heavy atom. The van der Waals surface area contributed by atoms with Gasteiger partial charge in [-0.25, -0.2) is 0 Å². The van der Waals surface area contributed by atoms with Crippen molar-refractivity contribution in [2.75, 3.05) is 0 Å². The molecule has 0 radical (unpaired) electrons. The van der Waals surface area contributed by atoms with Gasteiger partial charge in [-0.3, -0.25) is 0 Å².